The predicted molar refractivity (Wildman–Crippen MR) is 94.3 cm³/mol. The molecule has 5 nitrogen and oxygen atoms in total. The summed E-state index contributed by atoms with van der Waals surface area (Å²) >= 11 is 0. The van der Waals surface area contributed by atoms with Gasteiger partial charge in [-0.2, -0.15) is 0 Å². The number of rotatable bonds is 10. The SMILES string of the molecule is COCCNCCNC(=O)c1ccccc1OCc1ccc(F)cc1. The van der Waals surface area contributed by atoms with Gasteiger partial charge < -0.3 is 20.1 Å². The fourth-order valence-electron chi connectivity index (χ4n) is 2.18. The van der Waals surface area contributed by atoms with Gasteiger partial charge in [-0.05, 0) is 29.8 Å². The van der Waals surface area contributed by atoms with Crippen LogP contribution in [0.4, 0.5) is 4.39 Å². The normalized spacial score (nSPS) is 10.5. The zero-order chi connectivity index (χ0) is 17.9. The molecule has 0 aliphatic heterocycles. The van der Waals surface area contributed by atoms with E-state index in [0.29, 0.717) is 31.0 Å². The van der Waals surface area contributed by atoms with E-state index in [9.17, 15) is 9.18 Å². The number of halogens is 1. The highest BCUT2D eigenvalue weighted by Crippen LogP contribution is 2.19. The summed E-state index contributed by atoms with van der Waals surface area (Å²) in [5, 5.41) is 6.01. The standard InChI is InChI=1S/C19H23FN2O3/c1-24-13-12-21-10-11-22-19(23)17-4-2-3-5-18(17)25-14-15-6-8-16(20)9-7-15/h2-9,21H,10-14H2,1H3,(H,22,23). The van der Waals surface area contributed by atoms with Crippen LogP contribution in [-0.4, -0.2) is 39.3 Å². The van der Waals surface area contributed by atoms with Crippen molar-refractivity contribution in [2.75, 3.05) is 33.4 Å². The predicted octanol–water partition coefficient (Wildman–Crippen LogP) is 2.37. The number of benzene rings is 2. The molecule has 0 radical (unpaired) electrons. The summed E-state index contributed by atoms with van der Waals surface area (Å²) in [6, 6.07) is 13.1. The second kappa shape index (κ2) is 10.4. The Morgan fingerprint density at radius 3 is 2.56 bits per heavy atom. The summed E-state index contributed by atoms with van der Waals surface area (Å²) < 4.78 is 23.6. The Morgan fingerprint density at radius 1 is 1.04 bits per heavy atom. The van der Waals surface area contributed by atoms with Crippen molar-refractivity contribution >= 4 is 5.91 Å². The van der Waals surface area contributed by atoms with Gasteiger partial charge in [-0.15, -0.1) is 0 Å². The van der Waals surface area contributed by atoms with Gasteiger partial charge in [-0.25, -0.2) is 4.39 Å². The molecule has 0 heterocycles. The molecule has 0 bridgehead atoms. The van der Waals surface area contributed by atoms with Crippen LogP contribution in [0.2, 0.25) is 0 Å². The van der Waals surface area contributed by atoms with Crippen LogP contribution in [0.1, 0.15) is 15.9 Å². The Balaban J connectivity index is 1.86. The molecule has 0 saturated heterocycles. The third kappa shape index (κ3) is 6.52. The first-order valence-electron chi connectivity index (χ1n) is 8.15. The lowest BCUT2D eigenvalue weighted by Crippen LogP contribution is -2.33. The number of carbonyl (C=O) groups excluding carboxylic acids is 1. The number of nitrogens with one attached hydrogen (secondary N) is 2. The molecule has 0 aliphatic carbocycles. The Hall–Kier alpha value is -2.44. The van der Waals surface area contributed by atoms with Crippen LogP contribution in [0.5, 0.6) is 5.75 Å². The van der Waals surface area contributed by atoms with E-state index in [4.69, 9.17) is 9.47 Å². The summed E-state index contributed by atoms with van der Waals surface area (Å²) in [7, 11) is 1.65. The molecule has 2 aromatic rings. The zero-order valence-corrected chi connectivity index (χ0v) is 14.3. The lowest BCUT2D eigenvalue weighted by Gasteiger charge is -2.12. The van der Waals surface area contributed by atoms with E-state index in [1.54, 1.807) is 37.4 Å². The van der Waals surface area contributed by atoms with Gasteiger partial charge in [0.15, 0.2) is 0 Å². The molecule has 6 heteroatoms. The molecule has 2 rings (SSSR count). The first-order chi connectivity index (χ1) is 12.2. The van der Waals surface area contributed by atoms with Gasteiger partial charge in [0.25, 0.3) is 5.91 Å². The molecule has 0 aromatic heterocycles. The van der Waals surface area contributed by atoms with Crippen LogP contribution in [0.3, 0.4) is 0 Å². The Kier molecular flexibility index (Phi) is 7.88. The summed E-state index contributed by atoms with van der Waals surface area (Å²) in [6.45, 7) is 2.81. The van der Waals surface area contributed by atoms with Gasteiger partial charge in [-0.3, -0.25) is 4.79 Å². The van der Waals surface area contributed by atoms with Crippen molar-refractivity contribution in [3.8, 4) is 5.75 Å². The maximum absolute atomic E-state index is 12.9. The largest absolute Gasteiger partial charge is 0.488 e. The highest BCUT2D eigenvalue weighted by Gasteiger charge is 2.11. The second-order valence-corrected chi connectivity index (χ2v) is 5.41. The Morgan fingerprint density at radius 2 is 1.80 bits per heavy atom. The summed E-state index contributed by atoms with van der Waals surface area (Å²) in [6.07, 6.45) is 0. The fraction of sp³-hybridized carbons (Fsp3) is 0.316. The maximum Gasteiger partial charge on any atom is 0.255 e. The molecule has 0 aliphatic rings. The monoisotopic (exact) mass is 346 g/mol. The lowest BCUT2D eigenvalue weighted by molar-refractivity contribution is 0.0949. The van der Waals surface area contributed by atoms with E-state index >= 15 is 0 Å². The second-order valence-electron chi connectivity index (χ2n) is 5.41. The zero-order valence-electron chi connectivity index (χ0n) is 14.3. The number of hydrogen-bond acceptors (Lipinski definition) is 4. The molecular formula is C19H23FN2O3. The van der Waals surface area contributed by atoms with Crippen molar-refractivity contribution < 1.29 is 18.7 Å². The number of hydrogen-bond donors (Lipinski definition) is 2. The molecular weight excluding hydrogens is 323 g/mol. The van der Waals surface area contributed by atoms with Crippen LogP contribution < -0.4 is 15.4 Å². The minimum atomic E-state index is -0.289. The summed E-state index contributed by atoms with van der Waals surface area (Å²) in [5.74, 6) is 0.0163. The van der Waals surface area contributed by atoms with Crippen LogP contribution in [0, 0.1) is 5.82 Å². The minimum Gasteiger partial charge on any atom is -0.488 e. The summed E-state index contributed by atoms with van der Waals surface area (Å²) in [4.78, 5) is 12.3. The average Bonchev–Trinajstić information content (AvgIpc) is 2.64. The summed E-state index contributed by atoms with van der Waals surface area (Å²) in [5.41, 5.74) is 1.31. The van der Waals surface area contributed by atoms with Gasteiger partial charge in [0.2, 0.25) is 0 Å². The Labute approximate surface area is 147 Å². The molecule has 134 valence electrons. The number of para-hydroxylation sites is 1. The van der Waals surface area contributed by atoms with Gasteiger partial charge >= 0.3 is 0 Å². The van der Waals surface area contributed by atoms with Gasteiger partial charge in [0, 0.05) is 26.7 Å². The van der Waals surface area contributed by atoms with E-state index in [2.05, 4.69) is 10.6 Å². The third-order valence-electron chi connectivity index (χ3n) is 3.51. The smallest absolute Gasteiger partial charge is 0.255 e. The van der Waals surface area contributed by atoms with E-state index in [0.717, 1.165) is 12.1 Å². The van der Waals surface area contributed by atoms with Crippen molar-refractivity contribution in [2.24, 2.45) is 0 Å². The van der Waals surface area contributed by atoms with E-state index in [-0.39, 0.29) is 18.3 Å². The fourth-order valence-corrected chi connectivity index (χ4v) is 2.18. The lowest BCUT2D eigenvalue weighted by atomic mass is 10.2. The van der Waals surface area contributed by atoms with Crippen molar-refractivity contribution in [3.63, 3.8) is 0 Å². The molecule has 2 N–H and O–H groups in total. The third-order valence-corrected chi connectivity index (χ3v) is 3.51. The topological polar surface area (TPSA) is 59.6 Å². The van der Waals surface area contributed by atoms with Crippen molar-refractivity contribution in [3.05, 3.63) is 65.5 Å². The number of ether oxygens (including phenoxy) is 2. The molecule has 0 spiro atoms. The van der Waals surface area contributed by atoms with Crippen molar-refractivity contribution in [2.45, 2.75) is 6.61 Å². The highest BCUT2D eigenvalue weighted by atomic mass is 19.1. The molecule has 25 heavy (non-hydrogen) atoms. The van der Waals surface area contributed by atoms with E-state index < -0.39 is 0 Å². The van der Waals surface area contributed by atoms with E-state index in [1.165, 1.54) is 12.1 Å². The molecule has 0 atom stereocenters. The van der Waals surface area contributed by atoms with Gasteiger partial charge in [0.1, 0.15) is 18.2 Å². The first kappa shape index (κ1) is 18.9. The van der Waals surface area contributed by atoms with Crippen LogP contribution in [0.15, 0.2) is 48.5 Å². The molecule has 0 unspecified atom stereocenters. The van der Waals surface area contributed by atoms with Gasteiger partial charge in [-0.1, -0.05) is 24.3 Å². The quantitative estimate of drug-likeness (QED) is 0.649. The van der Waals surface area contributed by atoms with Gasteiger partial charge in [0.05, 0.1) is 12.2 Å². The number of amides is 1. The molecule has 0 saturated carbocycles. The number of carbonyl (C=O) groups is 1. The average molecular weight is 346 g/mol. The van der Waals surface area contributed by atoms with Crippen LogP contribution >= 0.6 is 0 Å². The number of methoxy groups -OCH3 is 1. The highest BCUT2D eigenvalue weighted by molar-refractivity contribution is 5.96. The maximum atomic E-state index is 12.9. The van der Waals surface area contributed by atoms with Crippen LogP contribution in [0.25, 0.3) is 0 Å². The Bertz CT molecular complexity index is 662. The van der Waals surface area contributed by atoms with Crippen molar-refractivity contribution in [1.82, 2.24) is 10.6 Å². The minimum absolute atomic E-state index is 0.191. The van der Waals surface area contributed by atoms with Crippen LogP contribution in [-0.2, 0) is 11.3 Å². The molecule has 1 amide bonds. The molecule has 2 aromatic carbocycles. The van der Waals surface area contributed by atoms with Crippen molar-refractivity contribution in [1.29, 1.82) is 0 Å². The first-order valence-corrected chi connectivity index (χ1v) is 8.15. The molecule has 0 fully saturated rings. The van der Waals surface area contributed by atoms with E-state index in [1.807, 2.05) is 6.07 Å².